The topological polar surface area (TPSA) is 169 Å². The van der Waals surface area contributed by atoms with E-state index in [-0.39, 0.29) is 26.0 Å². The van der Waals surface area contributed by atoms with Crippen LogP contribution in [0.15, 0.2) is 72.9 Å². The first-order chi connectivity index (χ1) is 30.9. The number of anilines is 5. The highest BCUT2D eigenvalue weighted by Gasteiger charge is 2.38. The van der Waals surface area contributed by atoms with Crippen LogP contribution in [0.5, 0.6) is 5.75 Å². The van der Waals surface area contributed by atoms with Gasteiger partial charge in [-0.15, -0.1) is 0 Å². The minimum atomic E-state index is -3.47. The third-order valence-corrected chi connectivity index (χ3v) is 16.0. The van der Waals surface area contributed by atoms with Crippen LogP contribution >= 0.6 is 19.5 Å². The third kappa shape index (κ3) is 9.97. The molecule has 4 aromatic rings. The number of nitrogens with one attached hydrogen (secondary N) is 3. The van der Waals surface area contributed by atoms with Gasteiger partial charge < -0.3 is 25.2 Å². The van der Waals surface area contributed by atoms with Crippen molar-refractivity contribution in [2.24, 2.45) is 0 Å². The number of benzene rings is 3. The van der Waals surface area contributed by atoms with Gasteiger partial charge in [0, 0.05) is 81.3 Å². The molecule has 0 aliphatic carbocycles. The van der Waals surface area contributed by atoms with E-state index in [1.165, 1.54) is 5.30 Å². The second kappa shape index (κ2) is 19.8. The number of carbonyl (C=O) groups is 2. The Morgan fingerprint density at radius 1 is 0.969 bits per heavy atom. The summed E-state index contributed by atoms with van der Waals surface area (Å²) in [6.07, 6.45) is 8.11. The van der Waals surface area contributed by atoms with Crippen molar-refractivity contribution < 1.29 is 27.5 Å². The number of amides is 2. The Labute approximate surface area is 380 Å². The maximum absolute atomic E-state index is 13.4. The Morgan fingerprint density at radius 3 is 2.48 bits per heavy atom. The van der Waals surface area contributed by atoms with Gasteiger partial charge in [0.25, 0.3) is 0 Å². The van der Waals surface area contributed by atoms with Crippen LogP contribution in [0.2, 0.25) is 5.02 Å². The SMILES string of the molecule is COc1cc(N2CCC(N3CCN(S(=O)(=O)CC/C=C/c4cccc5c4CN(C4CCC(=O)NC4=O)C5=C=O)CC3)CC2)ccc1Nc1ncc(Cl)c(Nc2ccccc2P(C)C)n1. The van der Waals surface area contributed by atoms with Crippen molar-refractivity contribution in [1.29, 1.82) is 0 Å². The number of imide groups is 1. The lowest BCUT2D eigenvalue weighted by molar-refractivity contribution is -0.136. The number of ether oxygens (including phenoxy) is 1. The van der Waals surface area contributed by atoms with Gasteiger partial charge in [0.2, 0.25) is 27.8 Å². The van der Waals surface area contributed by atoms with Crippen LogP contribution in [0.1, 0.15) is 48.8 Å². The summed E-state index contributed by atoms with van der Waals surface area (Å²) in [6.45, 7) is 8.77. The number of aromatic nitrogens is 2. The molecular formula is C46H53ClN9O6PS. The first-order valence-corrected chi connectivity index (χ1v) is 25.8. The lowest BCUT2D eigenvalue weighted by Gasteiger charge is -2.43. The van der Waals surface area contributed by atoms with E-state index in [1.807, 2.05) is 66.6 Å². The smallest absolute Gasteiger partial charge is 0.249 e. The van der Waals surface area contributed by atoms with Gasteiger partial charge in [-0.05, 0) is 73.6 Å². The Kier molecular flexibility index (Phi) is 14.0. The molecule has 8 rings (SSSR count). The predicted molar refractivity (Wildman–Crippen MR) is 255 cm³/mol. The minimum absolute atomic E-state index is 0.00442. The van der Waals surface area contributed by atoms with Crippen LogP contribution in [0.25, 0.3) is 11.8 Å². The lowest BCUT2D eigenvalue weighted by atomic mass is 10.0. The normalized spacial score (nSPS) is 19.0. The van der Waals surface area contributed by atoms with Crippen LogP contribution in [-0.4, -0.2) is 128 Å². The minimum Gasteiger partial charge on any atom is -0.494 e. The van der Waals surface area contributed by atoms with Gasteiger partial charge in [0.1, 0.15) is 22.5 Å². The van der Waals surface area contributed by atoms with Gasteiger partial charge in [0.15, 0.2) is 11.8 Å². The summed E-state index contributed by atoms with van der Waals surface area (Å²) < 4.78 is 34.3. The Morgan fingerprint density at radius 2 is 1.75 bits per heavy atom. The molecule has 4 aliphatic heterocycles. The van der Waals surface area contributed by atoms with Crippen LogP contribution in [0, 0.1) is 0 Å². The summed E-state index contributed by atoms with van der Waals surface area (Å²) in [4.78, 5) is 52.0. The van der Waals surface area contributed by atoms with Crippen molar-refractivity contribution in [2.45, 2.75) is 50.7 Å². The number of rotatable bonds is 14. The summed E-state index contributed by atoms with van der Waals surface area (Å²) >= 11 is 6.52. The largest absolute Gasteiger partial charge is 0.494 e. The van der Waals surface area contributed by atoms with E-state index >= 15 is 0 Å². The zero-order valence-electron chi connectivity index (χ0n) is 36.2. The number of nitrogens with zero attached hydrogens (tertiary/aromatic N) is 6. The maximum atomic E-state index is 13.4. The molecular weight excluding hydrogens is 873 g/mol. The molecule has 1 aromatic heterocycles. The van der Waals surface area contributed by atoms with Gasteiger partial charge in [-0.3, -0.25) is 19.8 Å². The fourth-order valence-corrected chi connectivity index (χ4v) is 11.6. The van der Waals surface area contributed by atoms with Gasteiger partial charge >= 0.3 is 0 Å². The van der Waals surface area contributed by atoms with Crippen molar-refractivity contribution in [1.82, 2.24) is 29.4 Å². The molecule has 64 heavy (non-hydrogen) atoms. The summed E-state index contributed by atoms with van der Waals surface area (Å²) in [5, 5.41) is 10.7. The van der Waals surface area contributed by atoms with Gasteiger partial charge in [-0.25, -0.2) is 18.2 Å². The number of allylic oxidation sites excluding steroid dienone is 1. The van der Waals surface area contributed by atoms with Crippen LogP contribution in [0.3, 0.4) is 0 Å². The Balaban J connectivity index is 0.807. The number of hydrogen-bond donors (Lipinski definition) is 3. The molecule has 3 fully saturated rings. The van der Waals surface area contributed by atoms with E-state index < -0.39 is 22.0 Å². The van der Waals surface area contributed by atoms with E-state index in [2.05, 4.69) is 61.2 Å². The van der Waals surface area contributed by atoms with Gasteiger partial charge in [0.05, 0.1) is 24.7 Å². The van der Waals surface area contributed by atoms with Crippen molar-refractivity contribution in [3.05, 3.63) is 94.6 Å². The molecule has 18 heteroatoms. The standard InChI is InChI=1S/C46H53ClN9O6PS/c1-62-41-27-33(14-15-37(41)50-46-48-28-36(47)44(52-46)49-38-12-4-5-13-42(38)63(2)3)53-20-18-32(19-21-53)54-22-24-55(25-23-54)64(60,61)26-7-6-9-31-10-8-11-34-35(31)29-56(40(34)30-57)39-16-17-43(58)51-45(39)59/h4-6,8-15,27-28,32,39H,7,16-26,29H2,1-3H3,(H,51,58,59)(H2,48,49,50,52)/b9-6+. The predicted octanol–water partition coefficient (Wildman–Crippen LogP) is 5.81. The number of piperazine rings is 1. The highest BCUT2D eigenvalue weighted by Crippen LogP contribution is 2.38. The van der Waals surface area contributed by atoms with E-state index in [1.54, 1.807) is 22.5 Å². The molecule has 0 radical (unpaired) electrons. The number of halogens is 1. The molecule has 336 valence electrons. The molecule has 3 aromatic carbocycles. The first-order valence-electron chi connectivity index (χ1n) is 21.5. The average Bonchev–Trinajstić information content (AvgIpc) is 3.68. The molecule has 2 amide bonds. The number of hydrogen-bond acceptors (Lipinski definition) is 13. The molecule has 0 saturated carbocycles. The third-order valence-electron chi connectivity index (χ3n) is 12.4. The van der Waals surface area contributed by atoms with E-state index in [0.717, 1.165) is 54.1 Å². The molecule has 3 saturated heterocycles. The van der Waals surface area contributed by atoms with Crippen molar-refractivity contribution in [3.63, 3.8) is 0 Å². The number of para-hydroxylation sites is 1. The van der Waals surface area contributed by atoms with E-state index in [4.69, 9.17) is 16.3 Å². The first kappa shape index (κ1) is 45.2. The fourth-order valence-electron chi connectivity index (χ4n) is 9.03. The molecule has 0 bridgehead atoms. The van der Waals surface area contributed by atoms with Crippen LogP contribution in [-0.2, 0) is 31.0 Å². The number of carbonyl (C=O) groups excluding carboxylic acids is 3. The van der Waals surface area contributed by atoms with Crippen LogP contribution < -0.4 is 30.9 Å². The van der Waals surface area contributed by atoms with E-state index in [9.17, 15) is 22.8 Å². The Hall–Kier alpha value is -5.34. The second-order valence-electron chi connectivity index (χ2n) is 16.5. The zero-order chi connectivity index (χ0) is 45.0. The molecule has 1 atom stereocenters. The second-order valence-corrected chi connectivity index (χ2v) is 21.3. The fraction of sp³-hybridized carbons (Fsp3) is 0.391. The summed E-state index contributed by atoms with van der Waals surface area (Å²) in [5.74, 6) is 2.83. The number of fused-ring (bicyclic) bond motifs is 1. The molecule has 15 nitrogen and oxygen atoms in total. The quantitative estimate of drug-likeness (QED) is 0.0789. The van der Waals surface area contributed by atoms with Crippen LogP contribution in [0.4, 0.5) is 28.8 Å². The van der Waals surface area contributed by atoms with Crippen molar-refractivity contribution in [3.8, 4) is 5.75 Å². The van der Waals surface area contributed by atoms with E-state index in [0.29, 0.717) is 85.4 Å². The van der Waals surface area contributed by atoms with Gasteiger partial charge in [-0.2, -0.15) is 9.29 Å². The highest BCUT2D eigenvalue weighted by atomic mass is 35.5. The summed E-state index contributed by atoms with van der Waals surface area (Å²) in [5.41, 5.74) is 5.47. The molecule has 0 spiro atoms. The number of piperidine rings is 2. The molecule has 1 unspecified atom stereocenters. The zero-order valence-corrected chi connectivity index (χ0v) is 38.7. The number of sulfonamides is 1. The number of methoxy groups -OCH3 is 1. The molecule has 5 heterocycles. The van der Waals surface area contributed by atoms with Crippen molar-refractivity contribution in [2.75, 3.05) is 81.0 Å². The maximum Gasteiger partial charge on any atom is 0.249 e. The average molecular weight is 926 g/mol. The highest BCUT2D eigenvalue weighted by molar-refractivity contribution is 7.89. The lowest BCUT2D eigenvalue weighted by Crippen LogP contribution is -2.54. The summed E-state index contributed by atoms with van der Waals surface area (Å²) in [6, 6.07) is 19.6. The molecule has 4 aliphatic rings. The van der Waals surface area contributed by atoms with Crippen molar-refractivity contribution >= 4 is 93.2 Å². The summed E-state index contributed by atoms with van der Waals surface area (Å²) in [7, 11) is -2.16. The monoisotopic (exact) mass is 925 g/mol. The molecule has 3 N–H and O–H groups in total. The Bertz CT molecular complexity index is 2590. The van der Waals surface area contributed by atoms with Gasteiger partial charge in [-0.1, -0.05) is 68.1 Å².